The first-order valence-electron chi connectivity index (χ1n) is 8.33. The normalized spacial score (nSPS) is 12.0. The molecule has 1 atom stereocenters. The summed E-state index contributed by atoms with van der Waals surface area (Å²) >= 11 is 0. The third-order valence-corrected chi connectivity index (χ3v) is 4.18. The highest BCUT2D eigenvalue weighted by molar-refractivity contribution is 5.48. The van der Waals surface area contributed by atoms with Crippen molar-refractivity contribution in [1.82, 2.24) is 0 Å². The van der Waals surface area contributed by atoms with Crippen LogP contribution in [0.4, 0.5) is 5.69 Å². The minimum absolute atomic E-state index is 0.323. The van der Waals surface area contributed by atoms with Crippen LogP contribution in [0.1, 0.15) is 30.4 Å². The minimum atomic E-state index is 0.323. The van der Waals surface area contributed by atoms with E-state index in [1.54, 1.807) is 0 Å². The molecule has 0 radical (unpaired) electrons. The standard InChI is InChI=1S/C20H28N2O/c1-4-16-7-5-10-20(13-16)23-12-11-18(15-21)17-8-6-9-19(14-17)22(2)3/h5-10,13-14,18H,4,11-12,15,21H2,1-3H3. The number of rotatable bonds is 8. The molecule has 0 heterocycles. The van der Waals surface area contributed by atoms with Crippen molar-refractivity contribution in [1.29, 1.82) is 0 Å². The Morgan fingerprint density at radius 1 is 1.09 bits per heavy atom. The summed E-state index contributed by atoms with van der Waals surface area (Å²) in [4.78, 5) is 2.11. The molecule has 23 heavy (non-hydrogen) atoms. The Morgan fingerprint density at radius 2 is 1.87 bits per heavy atom. The first-order valence-corrected chi connectivity index (χ1v) is 8.33. The summed E-state index contributed by atoms with van der Waals surface area (Å²) in [6, 6.07) is 16.9. The van der Waals surface area contributed by atoms with Gasteiger partial charge in [0, 0.05) is 19.8 Å². The van der Waals surface area contributed by atoms with Crippen LogP contribution in [0.5, 0.6) is 5.75 Å². The number of anilines is 1. The van der Waals surface area contributed by atoms with Crippen molar-refractivity contribution in [3.63, 3.8) is 0 Å². The predicted octanol–water partition coefficient (Wildman–Crippen LogP) is 3.83. The van der Waals surface area contributed by atoms with E-state index >= 15 is 0 Å². The van der Waals surface area contributed by atoms with Gasteiger partial charge in [-0.3, -0.25) is 0 Å². The zero-order valence-corrected chi connectivity index (χ0v) is 14.5. The topological polar surface area (TPSA) is 38.5 Å². The average Bonchev–Trinajstić information content (AvgIpc) is 2.59. The number of aryl methyl sites for hydroxylation is 1. The summed E-state index contributed by atoms with van der Waals surface area (Å²) in [6.45, 7) is 3.47. The summed E-state index contributed by atoms with van der Waals surface area (Å²) in [7, 11) is 4.11. The number of benzene rings is 2. The van der Waals surface area contributed by atoms with E-state index in [0.717, 1.165) is 18.6 Å². The van der Waals surface area contributed by atoms with E-state index in [1.807, 2.05) is 6.07 Å². The molecule has 0 saturated carbocycles. The van der Waals surface area contributed by atoms with Crippen molar-refractivity contribution < 1.29 is 4.74 Å². The van der Waals surface area contributed by atoms with Crippen LogP contribution in [-0.4, -0.2) is 27.2 Å². The number of hydrogen-bond donors (Lipinski definition) is 1. The van der Waals surface area contributed by atoms with Crippen molar-refractivity contribution in [3.05, 3.63) is 59.7 Å². The van der Waals surface area contributed by atoms with Crippen LogP contribution >= 0.6 is 0 Å². The van der Waals surface area contributed by atoms with Gasteiger partial charge in [0.2, 0.25) is 0 Å². The lowest BCUT2D eigenvalue weighted by atomic mass is 9.95. The molecular weight excluding hydrogens is 284 g/mol. The van der Waals surface area contributed by atoms with E-state index in [4.69, 9.17) is 10.5 Å². The molecule has 2 aromatic rings. The minimum Gasteiger partial charge on any atom is -0.494 e. The Balaban J connectivity index is 1.95. The number of nitrogens with zero attached hydrogens (tertiary/aromatic N) is 1. The maximum absolute atomic E-state index is 5.99. The van der Waals surface area contributed by atoms with Crippen molar-refractivity contribution in [2.24, 2.45) is 5.73 Å². The molecule has 0 bridgehead atoms. The van der Waals surface area contributed by atoms with Gasteiger partial charge in [-0.25, -0.2) is 0 Å². The molecule has 2 aromatic carbocycles. The Hall–Kier alpha value is -2.00. The lowest BCUT2D eigenvalue weighted by Crippen LogP contribution is -2.16. The Kier molecular flexibility index (Phi) is 6.48. The highest BCUT2D eigenvalue weighted by Crippen LogP contribution is 2.23. The second-order valence-electron chi connectivity index (χ2n) is 6.06. The molecule has 0 aliphatic carbocycles. The van der Waals surface area contributed by atoms with Gasteiger partial charge in [-0.1, -0.05) is 31.2 Å². The molecule has 3 heteroatoms. The maximum Gasteiger partial charge on any atom is 0.119 e. The maximum atomic E-state index is 5.99. The van der Waals surface area contributed by atoms with E-state index in [2.05, 4.69) is 68.4 Å². The highest BCUT2D eigenvalue weighted by atomic mass is 16.5. The average molecular weight is 312 g/mol. The molecule has 0 amide bonds. The molecule has 0 spiro atoms. The second kappa shape index (κ2) is 8.59. The Morgan fingerprint density at radius 3 is 2.57 bits per heavy atom. The van der Waals surface area contributed by atoms with Gasteiger partial charge in [-0.15, -0.1) is 0 Å². The molecular formula is C20H28N2O. The summed E-state index contributed by atoms with van der Waals surface area (Å²) in [5, 5.41) is 0. The van der Waals surface area contributed by atoms with Gasteiger partial charge < -0.3 is 15.4 Å². The van der Waals surface area contributed by atoms with E-state index in [0.29, 0.717) is 19.1 Å². The van der Waals surface area contributed by atoms with Crippen LogP contribution in [0.15, 0.2) is 48.5 Å². The molecule has 3 nitrogen and oxygen atoms in total. The van der Waals surface area contributed by atoms with Crippen LogP contribution in [0.3, 0.4) is 0 Å². The third kappa shape index (κ3) is 5.00. The lowest BCUT2D eigenvalue weighted by Gasteiger charge is -2.19. The van der Waals surface area contributed by atoms with Gasteiger partial charge in [0.15, 0.2) is 0 Å². The molecule has 2 N–H and O–H groups in total. The van der Waals surface area contributed by atoms with E-state index in [9.17, 15) is 0 Å². The van der Waals surface area contributed by atoms with Crippen LogP contribution in [-0.2, 0) is 6.42 Å². The molecule has 0 aliphatic heterocycles. The largest absolute Gasteiger partial charge is 0.494 e. The number of nitrogens with two attached hydrogens (primary N) is 1. The fourth-order valence-corrected chi connectivity index (χ4v) is 2.65. The molecule has 0 fully saturated rings. The molecule has 0 aromatic heterocycles. The highest BCUT2D eigenvalue weighted by Gasteiger charge is 2.11. The molecule has 1 unspecified atom stereocenters. The predicted molar refractivity (Wildman–Crippen MR) is 98.5 cm³/mol. The number of hydrogen-bond acceptors (Lipinski definition) is 3. The molecule has 2 rings (SSSR count). The fourth-order valence-electron chi connectivity index (χ4n) is 2.65. The van der Waals surface area contributed by atoms with Crippen molar-refractivity contribution >= 4 is 5.69 Å². The van der Waals surface area contributed by atoms with Crippen LogP contribution in [0.2, 0.25) is 0 Å². The first kappa shape index (κ1) is 17.4. The molecule has 0 aliphatic rings. The van der Waals surface area contributed by atoms with Crippen molar-refractivity contribution in [2.75, 3.05) is 32.1 Å². The monoisotopic (exact) mass is 312 g/mol. The fraction of sp³-hybridized carbons (Fsp3) is 0.400. The first-order chi connectivity index (χ1) is 11.1. The zero-order valence-electron chi connectivity index (χ0n) is 14.5. The summed E-state index contributed by atoms with van der Waals surface area (Å²) in [5.41, 5.74) is 9.78. The third-order valence-electron chi connectivity index (χ3n) is 4.18. The summed E-state index contributed by atoms with van der Waals surface area (Å²) < 4.78 is 5.91. The summed E-state index contributed by atoms with van der Waals surface area (Å²) in [6.07, 6.45) is 1.95. The molecule has 0 saturated heterocycles. The van der Waals surface area contributed by atoms with Crippen molar-refractivity contribution in [2.45, 2.75) is 25.7 Å². The van der Waals surface area contributed by atoms with Crippen molar-refractivity contribution in [3.8, 4) is 5.75 Å². The van der Waals surface area contributed by atoms with Crippen LogP contribution < -0.4 is 15.4 Å². The zero-order chi connectivity index (χ0) is 16.7. The van der Waals surface area contributed by atoms with Gasteiger partial charge >= 0.3 is 0 Å². The SMILES string of the molecule is CCc1cccc(OCCC(CN)c2cccc(N(C)C)c2)c1. The van der Waals surface area contributed by atoms with E-state index in [1.165, 1.54) is 16.8 Å². The Bertz CT molecular complexity index is 610. The smallest absolute Gasteiger partial charge is 0.119 e. The quantitative estimate of drug-likeness (QED) is 0.805. The van der Waals surface area contributed by atoms with Crippen LogP contribution in [0.25, 0.3) is 0 Å². The van der Waals surface area contributed by atoms with E-state index < -0.39 is 0 Å². The van der Waals surface area contributed by atoms with Gasteiger partial charge in [0.05, 0.1) is 6.61 Å². The Labute approximate surface area is 140 Å². The van der Waals surface area contributed by atoms with Gasteiger partial charge in [0.25, 0.3) is 0 Å². The second-order valence-corrected chi connectivity index (χ2v) is 6.06. The van der Waals surface area contributed by atoms with Gasteiger partial charge in [-0.2, -0.15) is 0 Å². The number of ether oxygens (including phenoxy) is 1. The van der Waals surface area contributed by atoms with Gasteiger partial charge in [0.1, 0.15) is 5.75 Å². The molecule has 124 valence electrons. The van der Waals surface area contributed by atoms with Crippen LogP contribution in [0, 0.1) is 0 Å². The lowest BCUT2D eigenvalue weighted by molar-refractivity contribution is 0.298. The van der Waals surface area contributed by atoms with E-state index in [-0.39, 0.29) is 0 Å². The summed E-state index contributed by atoms with van der Waals surface area (Å²) in [5.74, 6) is 1.27. The van der Waals surface area contributed by atoms with Gasteiger partial charge in [-0.05, 0) is 60.7 Å².